The Morgan fingerprint density at radius 1 is 1.35 bits per heavy atom. The Morgan fingerprint density at radius 3 is 2.70 bits per heavy atom. The van der Waals surface area contributed by atoms with Gasteiger partial charge in [0.05, 0.1) is 25.8 Å². The van der Waals surface area contributed by atoms with Crippen LogP contribution in [0.15, 0.2) is 29.6 Å². The Hall–Kier alpha value is -1.72. The van der Waals surface area contributed by atoms with E-state index >= 15 is 0 Å². The molecule has 2 aromatic rings. The molecule has 0 bridgehead atoms. The van der Waals surface area contributed by atoms with Crippen molar-refractivity contribution in [2.24, 2.45) is 0 Å². The van der Waals surface area contributed by atoms with Crippen LogP contribution in [-0.4, -0.2) is 31.1 Å². The fraction of sp³-hybridized carbons (Fsp3) is 0.353. The highest BCUT2D eigenvalue weighted by atomic mass is 35.5. The fourth-order valence-corrected chi connectivity index (χ4v) is 3.52. The second-order valence-corrected chi connectivity index (χ2v) is 6.88. The molecule has 0 spiro atoms. The summed E-state index contributed by atoms with van der Waals surface area (Å²) < 4.78 is 10.5. The molecule has 1 aromatic carbocycles. The molecule has 0 N–H and O–H groups in total. The maximum Gasteiger partial charge on any atom is 0.254 e. The normalized spacial score (nSPS) is 13.7. The summed E-state index contributed by atoms with van der Waals surface area (Å²) in [5, 5.41) is 2.40. The van der Waals surface area contributed by atoms with Gasteiger partial charge in [0, 0.05) is 16.5 Å². The predicted octanol–water partition coefficient (Wildman–Crippen LogP) is 4.22. The highest BCUT2D eigenvalue weighted by molar-refractivity contribution is 7.09. The second-order valence-electron chi connectivity index (χ2n) is 5.44. The molecule has 0 atom stereocenters. The minimum absolute atomic E-state index is 0.0243. The van der Waals surface area contributed by atoms with Crippen LogP contribution in [0.2, 0.25) is 5.02 Å². The van der Waals surface area contributed by atoms with E-state index in [0.29, 0.717) is 34.7 Å². The van der Waals surface area contributed by atoms with Crippen LogP contribution in [0.1, 0.15) is 28.1 Å². The quantitative estimate of drug-likeness (QED) is 0.782. The van der Waals surface area contributed by atoms with Crippen molar-refractivity contribution in [3.8, 4) is 11.5 Å². The molecule has 6 heteroatoms. The molecule has 1 saturated carbocycles. The van der Waals surface area contributed by atoms with Crippen molar-refractivity contribution in [3.05, 3.63) is 45.1 Å². The van der Waals surface area contributed by atoms with Gasteiger partial charge in [0.2, 0.25) is 0 Å². The topological polar surface area (TPSA) is 38.8 Å². The van der Waals surface area contributed by atoms with Crippen molar-refractivity contribution in [1.29, 1.82) is 0 Å². The highest BCUT2D eigenvalue weighted by Gasteiger charge is 2.33. The van der Waals surface area contributed by atoms with E-state index in [9.17, 15) is 4.79 Å². The SMILES string of the molecule is COc1cc(C(=O)N(Cc2cccs2)C2CC2)cc(Cl)c1OC. The smallest absolute Gasteiger partial charge is 0.254 e. The molecule has 1 fully saturated rings. The molecule has 23 heavy (non-hydrogen) atoms. The van der Waals surface area contributed by atoms with E-state index in [4.69, 9.17) is 21.1 Å². The summed E-state index contributed by atoms with van der Waals surface area (Å²) in [7, 11) is 3.06. The molecule has 4 nitrogen and oxygen atoms in total. The molecule has 122 valence electrons. The summed E-state index contributed by atoms with van der Waals surface area (Å²) in [6.07, 6.45) is 2.11. The Labute approximate surface area is 144 Å². The average Bonchev–Trinajstić information content (AvgIpc) is 3.27. The van der Waals surface area contributed by atoms with E-state index in [1.807, 2.05) is 16.3 Å². The summed E-state index contributed by atoms with van der Waals surface area (Å²) in [6.45, 7) is 0.632. The van der Waals surface area contributed by atoms with Gasteiger partial charge in [-0.1, -0.05) is 17.7 Å². The molecule has 1 aromatic heterocycles. The van der Waals surface area contributed by atoms with Crippen LogP contribution in [-0.2, 0) is 6.54 Å². The van der Waals surface area contributed by atoms with E-state index in [-0.39, 0.29) is 5.91 Å². The van der Waals surface area contributed by atoms with Crippen molar-refractivity contribution >= 4 is 28.8 Å². The zero-order chi connectivity index (χ0) is 16.4. The summed E-state index contributed by atoms with van der Waals surface area (Å²) in [6, 6.07) is 7.71. The lowest BCUT2D eigenvalue weighted by Crippen LogP contribution is -2.32. The van der Waals surface area contributed by atoms with Crippen LogP contribution >= 0.6 is 22.9 Å². The number of methoxy groups -OCH3 is 2. The van der Waals surface area contributed by atoms with E-state index in [2.05, 4.69) is 6.07 Å². The van der Waals surface area contributed by atoms with Gasteiger partial charge in [-0.25, -0.2) is 0 Å². The molecular formula is C17H18ClNO3S. The summed E-state index contributed by atoms with van der Waals surface area (Å²) >= 11 is 7.89. The van der Waals surface area contributed by atoms with Crippen LogP contribution < -0.4 is 9.47 Å². The monoisotopic (exact) mass is 351 g/mol. The lowest BCUT2D eigenvalue weighted by atomic mass is 10.1. The molecule has 0 radical (unpaired) electrons. The number of carbonyl (C=O) groups excluding carboxylic acids is 1. The third-order valence-corrected chi connectivity index (χ3v) is 4.98. The molecule has 1 amide bonds. The molecule has 1 heterocycles. The van der Waals surface area contributed by atoms with E-state index < -0.39 is 0 Å². The number of benzene rings is 1. The average molecular weight is 352 g/mol. The third kappa shape index (κ3) is 3.46. The minimum atomic E-state index is -0.0243. The fourth-order valence-electron chi connectivity index (χ4n) is 2.53. The molecule has 1 aliphatic rings. The van der Waals surface area contributed by atoms with Gasteiger partial charge in [0.25, 0.3) is 5.91 Å². The number of carbonyl (C=O) groups is 1. The molecular weight excluding hydrogens is 334 g/mol. The summed E-state index contributed by atoms with van der Waals surface area (Å²) in [5.41, 5.74) is 0.524. The molecule has 1 aliphatic carbocycles. The number of halogens is 1. The van der Waals surface area contributed by atoms with Crippen molar-refractivity contribution < 1.29 is 14.3 Å². The third-order valence-electron chi connectivity index (χ3n) is 3.84. The van der Waals surface area contributed by atoms with Crippen molar-refractivity contribution in [2.75, 3.05) is 14.2 Å². The van der Waals surface area contributed by atoms with E-state index in [1.54, 1.807) is 23.5 Å². The number of rotatable bonds is 6. The van der Waals surface area contributed by atoms with Gasteiger partial charge < -0.3 is 14.4 Å². The Kier molecular flexibility index (Phi) is 4.78. The van der Waals surface area contributed by atoms with Crippen molar-refractivity contribution in [2.45, 2.75) is 25.4 Å². The van der Waals surface area contributed by atoms with Gasteiger partial charge in [-0.2, -0.15) is 0 Å². The number of nitrogens with zero attached hydrogens (tertiary/aromatic N) is 1. The van der Waals surface area contributed by atoms with Gasteiger partial charge >= 0.3 is 0 Å². The zero-order valence-electron chi connectivity index (χ0n) is 13.0. The first-order valence-corrected chi connectivity index (χ1v) is 8.64. The van der Waals surface area contributed by atoms with Gasteiger partial charge in [0.1, 0.15) is 0 Å². The van der Waals surface area contributed by atoms with Crippen LogP contribution in [0.3, 0.4) is 0 Å². The first kappa shape index (κ1) is 16.1. The van der Waals surface area contributed by atoms with Crippen LogP contribution in [0.5, 0.6) is 11.5 Å². The maximum absolute atomic E-state index is 12.9. The summed E-state index contributed by atoms with van der Waals surface area (Å²) in [5.74, 6) is 0.890. The van der Waals surface area contributed by atoms with Crippen LogP contribution in [0.25, 0.3) is 0 Å². The van der Waals surface area contributed by atoms with Gasteiger partial charge in [-0.05, 0) is 36.4 Å². The van der Waals surface area contributed by atoms with E-state index in [1.165, 1.54) is 19.1 Å². The Morgan fingerprint density at radius 2 is 2.13 bits per heavy atom. The number of amides is 1. The largest absolute Gasteiger partial charge is 0.493 e. The van der Waals surface area contributed by atoms with Crippen LogP contribution in [0, 0.1) is 0 Å². The number of thiophene rings is 1. The lowest BCUT2D eigenvalue weighted by Gasteiger charge is -2.22. The van der Waals surface area contributed by atoms with Gasteiger partial charge in [0.15, 0.2) is 11.5 Å². The first-order valence-electron chi connectivity index (χ1n) is 7.39. The van der Waals surface area contributed by atoms with Crippen molar-refractivity contribution in [1.82, 2.24) is 4.90 Å². The minimum Gasteiger partial charge on any atom is -0.493 e. The van der Waals surface area contributed by atoms with Crippen molar-refractivity contribution in [3.63, 3.8) is 0 Å². The molecule has 0 aliphatic heterocycles. The molecule has 0 unspecified atom stereocenters. The maximum atomic E-state index is 12.9. The predicted molar refractivity (Wildman–Crippen MR) is 91.8 cm³/mol. The standard InChI is InChI=1S/C17H18ClNO3S/c1-21-15-9-11(8-14(18)16(15)22-2)17(20)19(12-5-6-12)10-13-4-3-7-23-13/h3-4,7-9,12H,5-6,10H2,1-2H3. The number of hydrogen-bond acceptors (Lipinski definition) is 4. The zero-order valence-corrected chi connectivity index (χ0v) is 14.6. The van der Waals surface area contributed by atoms with Crippen LogP contribution in [0.4, 0.5) is 0 Å². The number of hydrogen-bond donors (Lipinski definition) is 0. The Bertz CT molecular complexity index is 698. The molecule has 0 saturated heterocycles. The van der Waals surface area contributed by atoms with E-state index in [0.717, 1.165) is 12.8 Å². The van der Waals surface area contributed by atoms with Gasteiger partial charge in [-0.15, -0.1) is 11.3 Å². The highest BCUT2D eigenvalue weighted by Crippen LogP contribution is 2.37. The summed E-state index contributed by atoms with van der Waals surface area (Å²) in [4.78, 5) is 16.0. The van der Waals surface area contributed by atoms with Gasteiger partial charge in [-0.3, -0.25) is 4.79 Å². The first-order chi connectivity index (χ1) is 11.1. The Balaban J connectivity index is 1.89. The molecule has 3 rings (SSSR count). The number of ether oxygens (including phenoxy) is 2. The lowest BCUT2D eigenvalue weighted by molar-refractivity contribution is 0.0731. The second kappa shape index (κ2) is 6.81.